The normalized spacial score (nSPS) is 18.2. The van der Waals surface area contributed by atoms with Crippen LogP contribution in [0.5, 0.6) is 0 Å². The summed E-state index contributed by atoms with van der Waals surface area (Å²) in [4.78, 5) is 34.2. The first kappa shape index (κ1) is 26.8. The molecule has 2 heterocycles. The lowest BCUT2D eigenvalue weighted by Crippen LogP contribution is -2.46. The van der Waals surface area contributed by atoms with Crippen LogP contribution in [0, 0.1) is 19.7 Å². The fourth-order valence-electron chi connectivity index (χ4n) is 5.43. The summed E-state index contributed by atoms with van der Waals surface area (Å²) in [6.07, 6.45) is 3.75. The van der Waals surface area contributed by atoms with E-state index < -0.39 is 17.8 Å². The van der Waals surface area contributed by atoms with Gasteiger partial charge in [-0.15, -0.1) is 0 Å². The Balaban J connectivity index is 1.64. The lowest BCUT2D eigenvalue weighted by molar-refractivity contribution is -0.131. The van der Waals surface area contributed by atoms with Gasteiger partial charge in [0.05, 0.1) is 12.0 Å². The summed E-state index contributed by atoms with van der Waals surface area (Å²) in [6.45, 7) is 5.30. The van der Waals surface area contributed by atoms with E-state index in [2.05, 4.69) is 10.3 Å². The smallest absolute Gasteiger partial charge is 0.250 e. The van der Waals surface area contributed by atoms with Crippen LogP contribution < -0.4 is 16.0 Å². The lowest BCUT2D eigenvalue weighted by atomic mass is 9.91. The fraction of sp³-hybridized carbons (Fsp3) is 0.300. The minimum Gasteiger partial charge on any atom is -0.366 e. The Hall–Kier alpha value is -3.75. The van der Waals surface area contributed by atoms with E-state index in [9.17, 15) is 9.59 Å². The molecule has 3 aromatic carbocycles. The molecule has 2 atom stereocenters. The number of carbonyl (C=O) groups excluding carboxylic acids is 2. The van der Waals surface area contributed by atoms with Gasteiger partial charge in [0.1, 0.15) is 11.9 Å². The van der Waals surface area contributed by atoms with Gasteiger partial charge in [0.25, 0.3) is 0 Å². The molecule has 0 aliphatic carbocycles. The van der Waals surface area contributed by atoms with E-state index in [0.717, 1.165) is 36.2 Å². The number of anilines is 1. The number of rotatable bonds is 6. The zero-order valence-electron chi connectivity index (χ0n) is 22.2. The van der Waals surface area contributed by atoms with Crippen LogP contribution in [0.1, 0.15) is 45.9 Å². The highest BCUT2D eigenvalue weighted by molar-refractivity contribution is 6.31. The van der Waals surface area contributed by atoms with Crippen molar-refractivity contribution in [3.8, 4) is 11.1 Å². The molecule has 0 aromatic heterocycles. The van der Waals surface area contributed by atoms with Gasteiger partial charge in [-0.3, -0.25) is 9.59 Å². The molecule has 2 aliphatic rings. The van der Waals surface area contributed by atoms with Crippen molar-refractivity contribution in [1.82, 2.24) is 10.2 Å². The number of benzene rings is 3. The summed E-state index contributed by atoms with van der Waals surface area (Å²) in [5.74, 6) is -1.25. The third kappa shape index (κ3) is 5.40. The molecule has 1 unspecified atom stereocenters. The molecule has 5 rings (SSSR count). The third-order valence-electron chi connectivity index (χ3n) is 7.40. The van der Waals surface area contributed by atoms with E-state index in [1.54, 1.807) is 30.4 Å². The number of fused-ring (bicyclic) bond motifs is 1. The number of hydrogen-bond acceptors (Lipinski definition) is 5. The Morgan fingerprint density at radius 1 is 1.15 bits per heavy atom. The molecule has 202 valence electrons. The summed E-state index contributed by atoms with van der Waals surface area (Å²) in [6, 6.07) is 12.8. The monoisotopic (exact) mass is 547 g/mol. The van der Waals surface area contributed by atoms with Crippen LogP contribution in [0.15, 0.2) is 53.5 Å². The molecule has 3 aromatic rings. The van der Waals surface area contributed by atoms with Crippen LogP contribution in [0.4, 0.5) is 15.8 Å². The van der Waals surface area contributed by atoms with E-state index in [0.29, 0.717) is 28.4 Å². The molecular weight excluding hydrogens is 517 g/mol. The van der Waals surface area contributed by atoms with Gasteiger partial charge >= 0.3 is 0 Å². The Morgan fingerprint density at radius 3 is 2.64 bits per heavy atom. The van der Waals surface area contributed by atoms with Gasteiger partial charge in [-0.25, -0.2) is 9.38 Å². The molecule has 2 amide bonds. The SMILES string of the molecule is Cc1cc(Cl)cc(N2C=Nc3cc(C)c(-c4cc(C(N)=O)ccc4F)cc3C2C(=O)N(C)C[C@@H]2CCCN2)c1. The lowest BCUT2D eigenvalue weighted by Gasteiger charge is -2.36. The minimum atomic E-state index is -0.761. The molecule has 2 aliphatic heterocycles. The number of aryl methyl sites for hydroxylation is 2. The Kier molecular flexibility index (Phi) is 7.42. The van der Waals surface area contributed by atoms with E-state index in [4.69, 9.17) is 17.3 Å². The first-order valence-electron chi connectivity index (χ1n) is 12.9. The largest absolute Gasteiger partial charge is 0.366 e. The predicted octanol–water partition coefficient (Wildman–Crippen LogP) is 5.29. The average molecular weight is 548 g/mol. The molecule has 1 fully saturated rings. The predicted molar refractivity (Wildman–Crippen MR) is 153 cm³/mol. The number of carbonyl (C=O) groups is 2. The fourth-order valence-corrected chi connectivity index (χ4v) is 5.72. The standard InChI is InChI=1S/C30H31ClFN5O2/c1-17-9-20(31)13-22(10-17)37-16-35-27-11-18(2)23(24-12-19(29(33)38)6-7-26(24)32)14-25(27)28(37)30(39)36(3)15-21-5-4-8-34-21/h6-7,9-14,16,21,28,34H,4-5,8,15H2,1-3H3,(H2,33,38)/t21-,28?/m0/s1. The quantitative estimate of drug-likeness (QED) is 0.438. The molecular formula is C30H31ClFN5O2. The van der Waals surface area contributed by atoms with E-state index in [1.807, 2.05) is 36.9 Å². The third-order valence-corrected chi connectivity index (χ3v) is 7.62. The number of likely N-dealkylation sites (N-methyl/N-ethyl adjacent to an activating group) is 1. The maximum atomic E-state index is 15.1. The number of amides is 2. The number of nitrogens with one attached hydrogen (secondary N) is 1. The van der Waals surface area contributed by atoms with Crippen molar-refractivity contribution >= 4 is 41.1 Å². The van der Waals surface area contributed by atoms with Crippen LogP contribution in [0.3, 0.4) is 0 Å². The van der Waals surface area contributed by atoms with E-state index in [1.165, 1.54) is 18.2 Å². The van der Waals surface area contributed by atoms with Gasteiger partial charge in [0, 0.05) is 47.0 Å². The molecule has 1 saturated heterocycles. The summed E-state index contributed by atoms with van der Waals surface area (Å²) >= 11 is 6.40. The topological polar surface area (TPSA) is 91.0 Å². The van der Waals surface area contributed by atoms with Crippen molar-refractivity contribution in [2.24, 2.45) is 10.7 Å². The van der Waals surface area contributed by atoms with Gasteiger partial charge in [0.15, 0.2) is 0 Å². The highest BCUT2D eigenvalue weighted by Gasteiger charge is 2.36. The van der Waals surface area contributed by atoms with Crippen LogP contribution in [0.2, 0.25) is 5.02 Å². The van der Waals surface area contributed by atoms with Crippen molar-refractivity contribution < 1.29 is 14.0 Å². The summed E-state index contributed by atoms with van der Waals surface area (Å²) < 4.78 is 15.1. The van der Waals surface area contributed by atoms with Crippen LogP contribution >= 0.6 is 11.6 Å². The van der Waals surface area contributed by atoms with Gasteiger partial charge < -0.3 is 20.9 Å². The van der Waals surface area contributed by atoms with Crippen molar-refractivity contribution in [2.45, 2.75) is 38.8 Å². The molecule has 0 saturated carbocycles. The molecule has 3 N–H and O–H groups in total. The molecule has 7 nitrogen and oxygen atoms in total. The van der Waals surface area contributed by atoms with Crippen LogP contribution in [0.25, 0.3) is 11.1 Å². The molecule has 39 heavy (non-hydrogen) atoms. The van der Waals surface area contributed by atoms with E-state index in [-0.39, 0.29) is 23.1 Å². The first-order chi connectivity index (χ1) is 18.6. The van der Waals surface area contributed by atoms with Gasteiger partial charge in [0.2, 0.25) is 11.8 Å². The number of halogens is 2. The Bertz CT molecular complexity index is 1460. The zero-order valence-corrected chi connectivity index (χ0v) is 22.9. The van der Waals surface area contributed by atoms with Crippen molar-refractivity contribution in [1.29, 1.82) is 0 Å². The summed E-state index contributed by atoms with van der Waals surface area (Å²) in [5.41, 5.74) is 10.2. The maximum absolute atomic E-state index is 15.1. The first-order valence-corrected chi connectivity index (χ1v) is 13.3. The Labute approximate surface area is 232 Å². The molecule has 0 bridgehead atoms. The number of nitrogens with two attached hydrogens (primary N) is 1. The van der Waals surface area contributed by atoms with Gasteiger partial charge in [-0.05, 0) is 98.5 Å². The summed E-state index contributed by atoms with van der Waals surface area (Å²) in [5, 5.41) is 4.00. The summed E-state index contributed by atoms with van der Waals surface area (Å²) in [7, 11) is 1.81. The maximum Gasteiger partial charge on any atom is 0.250 e. The highest BCUT2D eigenvalue weighted by atomic mass is 35.5. The molecule has 0 spiro atoms. The zero-order chi connectivity index (χ0) is 27.8. The molecule has 9 heteroatoms. The Morgan fingerprint density at radius 2 is 1.95 bits per heavy atom. The van der Waals surface area contributed by atoms with E-state index >= 15 is 4.39 Å². The van der Waals surface area contributed by atoms with Crippen molar-refractivity contribution in [3.05, 3.63) is 81.6 Å². The minimum absolute atomic E-state index is 0.116. The van der Waals surface area contributed by atoms with Crippen molar-refractivity contribution in [2.75, 3.05) is 25.0 Å². The average Bonchev–Trinajstić information content (AvgIpc) is 3.40. The second-order valence-corrected chi connectivity index (χ2v) is 10.8. The number of nitrogens with zero attached hydrogens (tertiary/aromatic N) is 3. The number of aliphatic imine (C=N–C) groups is 1. The second-order valence-electron chi connectivity index (χ2n) is 10.3. The van der Waals surface area contributed by atoms with Crippen LogP contribution in [-0.2, 0) is 4.79 Å². The highest BCUT2D eigenvalue weighted by Crippen LogP contribution is 2.42. The second kappa shape index (κ2) is 10.8. The van der Waals surface area contributed by atoms with Crippen molar-refractivity contribution in [3.63, 3.8) is 0 Å². The van der Waals surface area contributed by atoms with Gasteiger partial charge in [-0.2, -0.15) is 0 Å². The molecule has 0 radical (unpaired) electrons. The number of primary amides is 1. The number of hydrogen-bond donors (Lipinski definition) is 2. The van der Waals surface area contributed by atoms with Gasteiger partial charge in [-0.1, -0.05) is 11.6 Å². The van der Waals surface area contributed by atoms with Crippen LogP contribution in [-0.4, -0.2) is 49.2 Å².